The smallest absolute Gasteiger partial charge is 0.100 e. The minimum Gasteiger partial charge on any atom is -0.394 e. The number of rotatable bonds is 5. The highest BCUT2D eigenvalue weighted by Gasteiger charge is 2.35. The molecular formula is C10H20O5. The second-order valence-electron chi connectivity index (χ2n) is 4.06. The van der Waals surface area contributed by atoms with E-state index in [4.69, 9.17) is 19.7 Å². The second-order valence-corrected chi connectivity index (χ2v) is 4.06. The molecule has 1 saturated heterocycles. The minimum absolute atomic E-state index is 0.0875. The highest BCUT2D eigenvalue weighted by molar-refractivity contribution is 4.83. The van der Waals surface area contributed by atoms with E-state index in [-0.39, 0.29) is 31.5 Å². The fraction of sp³-hybridized carbons (Fsp3) is 1.00. The zero-order valence-electron chi connectivity index (χ0n) is 9.17. The molecule has 5 unspecified atom stereocenters. The van der Waals surface area contributed by atoms with E-state index in [2.05, 4.69) is 0 Å². The Morgan fingerprint density at radius 3 is 2.60 bits per heavy atom. The van der Waals surface area contributed by atoms with Crippen LogP contribution in [-0.2, 0) is 9.47 Å². The third-order valence-electron chi connectivity index (χ3n) is 2.63. The van der Waals surface area contributed by atoms with E-state index in [1.807, 2.05) is 6.92 Å². The maximum absolute atomic E-state index is 9.34. The van der Waals surface area contributed by atoms with Crippen LogP contribution in [-0.4, -0.2) is 59.1 Å². The fourth-order valence-corrected chi connectivity index (χ4v) is 1.64. The highest BCUT2D eigenvalue weighted by Crippen LogP contribution is 2.25. The van der Waals surface area contributed by atoms with Crippen LogP contribution in [0.25, 0.3) is 0 Å². The molecule has 3 N–H and O–H groups in total. The third-order valence-corrected chi connectivity index (χ3v) is 2.63. The van der Waals surface area contributed by atoms with Crippen LogP contribution >= 0.6 is 0 Å². The monoisotopic (exact) mass is 220 g/mol. The molecule has 5 heteroatoms. The zero-order chi connectivity index (χ0) is 11.4. The lowest BCUT2D eigenvalue weighted by atomic mass is 10.1. The maximum atomic E-state index is 9.34. The first-order valence-corrected chi connectivity index (χ1v) is 5.28. The topological polar surface area (TPSA) is 79.2 Å². The molecule has 0 spiro atoms. The first kappa shape index (κ1) is 12.9. The second kappa shape index (κ2) is 5.77. The lowest BCUT2D eigenvalue weighted by Crippen LogP contribution is -2.28. The minimum atomic E-state index is -0.845. The molecule has 0 radical (unpaired) electrons. The number of hydrogen-bond acceptors (Lipinski definition) is 5. The van der Waals surface area contributed by atoms with Gasteiger partial charge >= 0.3 is 0 Å². The van der Waals surface area contributed by atoms with Crippen molar-refractivity contribution in [3.63, 3.8) is 0 Å². The molecule has 0 aromatic rings. The Labute approximate surface area is 89.6 Å². The van der Waals surface area contributed by atoms with E-state index in [1.54, 1.807) is 6.92 Å². The van der Waals surface area contributed by atoms with E-state index in [0.717, 1.165) is 0 Å². The summed E-state index contributed by atoms with van der Waals surface area (Å²) in [4.78, 5) is 0. The van der Waals surface area contributed by atoms with Crippen molar-refractivity contribution in [2.45, 2.75) is 50.8 Å². The molecule has 0 saturated carbocycles. The summed E-state index contributed by atoms with van der Waals surface area (Å²) in [7, 11) is 0. The number of aliphatic hydroxyl groups excluding tert-OH is 3. The summed E-state index contributed by atoms with van der Waals surface area (Å²) in [5.41, 5.74) is 0. The van der Waals surface area contributed by atoms with E-state index in [9.17, 15) is 5.11 Å². The van der Waals surface area contributed by atoms with Gasteiger partial charge in [0.1, 0.15) is 6.10 Å². The van der Waals surface area contributed by atoms with Crippen molar-refractivity contribution >= 4 is 0 Å². The Bertz CT molecular complexity index is 185. The standard InChI is InChI=1S/C10H20O5/c1-6(12)9-3-10(7(2)15-9)14-5-8(13)4-11/h6-13H,3-5H2,1-2H3. The highest BCUT2D eigenvalue weighted by atomic mass is 16.6. The van der Waals surface area contributed by atoms with Crippen LogP contribution in [0.4, 0.5) is 0 Å². The molecule has 1 heterocycles. The summed E-state index contributed by atoms with van der Waals surface area (Å²) in [5.74, 6) is 0. The van der Waals surface area contributed by atoms with Gasteiger partial charge in [0, 0.05) is 6.42 Å². The SMILES string of the molecule is CC(O)C1CC(OCC(O)CO)C(C)O1. The van der Waals surface area contributed by atoms with E-state index >= 15 is 0 Å². The molecule has 0 aromatic carbocycles. The van der Waals surface area contributed by atoms with Gasteiger partial charge in [0.15, 0.2) is 0 Å². The quantitative estimate of drug-likeness (QED) is 0.570. The molecule has 5 nitrogen and oxygen atoms in total. The van der Waals surface area contributed by atoms with Crippen LogP contribution in [0.2, 0.25) is 0 Å². The van der Waals surface area contributed by atoms with Crippen LogP contribution < -0.4 is 0 Å². The predicted octanol–water partition coefficient (Wildman–Crippen LogP) is -0.717. The molecular weight excluding hydrogens is 200 g/mol. The summed E-state index contributed by atoms with van der Waals surface area (Å²) in [6.45, 7) is 3.35. The fourth-order valence-electron chi connectivity index (χ4n) is 1.64. The van der Waals surface area contributed by atoms with Gasteiger partial charge in [-0.3, -0.25) is 0 Å². The van der Waals surface area contributed by atoms with Crippen LogP contribution in [0.3, 0.4) is 0 Å². The van der Waals surface area contributed by atoms with Gasteiger partial charge in [-0.1, -0.05) is 0 Å². The molecule has 1 rings (SSSR count). The summed E-state index contributed by atoms with van der Waals surface area (Å²) in [6.07, 6.45) is -1.14. The van der Waals surface area contributed by atoms with Gasteiger partial charge in [-0.2, -0.15) is 0 Å². The van der Waals surface area contributed by atoms with Crippen LogP contribution in [0.5, 0.6) is 0 Å². The van der Waals surface area contributed by atoms with Crippen molar-refractivity contribution < 1.29 is 24.8 Å². The molecule has 90 valence electrons. The summed E-state index contributed by atoms with van der Waals surface area (Å²) >= 11 is 0. The van der Waals surface area contributed by atoms with Gasteiger partial charge in [0.25, 0.3) is 0 Å². The molecule has 1 aliphatic rings. The first-order chi connectivity index (χ1) is 7.04. The Morgan fingerprint density at radius 2 is 2.13 bits per heavy atom. The molecule has 0 aromatic heterocycles. The van der Waals surface area contributed by atoms with Crippen molar-refractivity contribution in [1.29, 1.82) is 0 Å². The van der Waals surface area contributed by atoms with Gasteiger partial charge in [-0.25, -0.2) is 0 Å². The summed E-state index contributed by atoms with van der Waals surface area (Å²) in [5, 5.41) is 27.1. The normalized spacial score (nSPS) is 35.4. The Morgan fingerprint density at radius 1 is 1.47 bits per heavy atom. The van der Waals surface area contributed by atoms with Crippen molar-refractivity contribution in [3.05, 3.63) is 0 Å². The van der Waals surface area contributed by atoms with E-state index in [0.29, 0.717) is 6.42 Å². The van der Waals surface area contributed by atoms with Gasteiger partial charge in [0.05, 0.1) is 37.6 Å². The van der Waals surface area contributed by atoms with Crippen molar-refractivity contribution in [2.75, 3.05) is 13.2 Å². The average Bonchev–Trinajstić information content (AvgIpc) is 2.56. The summed E-state index contributed by atoms with van der Waals surface area (Å²) in [6, 6.07) is 0. The van der Waals surface area contributed by atoms with Gasteiger partial charge in [0.2, 0.25) is 0 Å². The molecule has 0 amide bonds. The van der Waals surface area contributed by atoms with Crippen LogP contribution in [0.15, 0.2) is 0 Å². The van der Waals surface area contributed by atoms with E-state index < -0.39 is 12.2 Å². The largest absolute Gasteiger partial charge is 0.394 e. The van der Waals surface area contributed by atoms with Gasteiger partial charge in [-0.05, 0) is 13.8 Å². The lowest BCUT2D eigenvalue weighted by molar-refractivity contribution is -0.0615. The van der Waals surface area contributed by atoms with Crippen LogP contribution in [0.1, 0.15) is 20.3 Å². The van der Waals surface area contributed by atoms with Gasteiger partial charge < -0.3 is 24.8 Å². The Hall–Kier alpha value is -0.200. The van der Waals surface area contributed by atoms with Crippen molar-refractivity contribution in [2.24, 2.45) is 0 Å². The van der Waals surface area contributed by atoms with Crippen molar-refractivity contribution in [3.8, 4) is 0 Å². The molecule has 0 aliphatic carbocycles. The van der Waals surface area contributed by atoms with Crippen LogP contribution in [0, 0.1) is 0 Å². The first-order valence-electron chi connectivity index (χ1n) is 5.28. The molecule has 0 bridgehead atoms. The van der Waals surface area contributed by atoms with E-state index in [1.165, 1.54) is 0 Å². The Balaban J connectivity index is 2.31. The molecule has 1 fully saturated rings. The average molecular weight is 220 g/mol. The Kier molecular flexibility index (Phi) is 4.95. The zero-order valence-corrected chi connectivity index (χ0v) is 9.17. The third kappa shape index (κ3) is 3.70. The van der Waals surface area contributed by atoms with Gasteiger partial charge in [-0.15, -0.1) is 0 Å². The molecule has 5 atom stereocenters. The summed E-state index contributed by atoms with van der Waals surface area (Å²) < 4.78 is 10.9. The number of aliphatic hydroxyl groups is 3. The maximum Gasteiger partial charge on any atom is 0.100 e. The molecule has 1 aliphatic heterocycles. The number of hydrogen-bond donors (Lipinski definition) is 3. The van der Waals surface area contributed by atoms with Crippen molar-refractivity contribution in [1.82, 2.24) is 0 Å². The predicted molar refractivity (Wildman–Crippen MR) is 53.5 cm³/mol. The molecule has 15 heavy (non-hydrogen) atoms. The number of ether oxygens (including phenoxy) is 2. The lowest BCUT2D eigenvalue weighted by Gasteiger charge is -2.16.